The molecule has 148 valence electrons. The number of benzene rings is 1. The molecule has 7 nitrogen and oxygen atoms in total. The summed E-state index contributed by atoms with van der Waals surface area (Å²) in [6.45, 7) is 9.00. The summed E-state index contributed by atoms with van der Waals surface area (Å²) in [7, 11) is 3.06. The van der Waals surface area contributed by atoms with Gasteiger partial charge in [0, 0.05) is 17.4 Å². The number of ether oxygens (including phenoxy) is 4. The van der Waals surface area contributed by atoms with Crippen LogP contribution in [0, 0.1) is 15.5 Å². The number of hydrogen-bond donors (Lipinski definition) is 0. The van der Waals surface area contributed by atoms with Gasteiger partial charge >= 0.3 is 0 Å². The molecule has 0 saturated carbocycles. The van der Waals surface area contributed by atoms with Crippen molar-refractivity contribution < 1.29 is 23.9 Å². The Balaban J connectivity index is 2.23. The van der Waals surface area contributed by atoms with Gasteiger partial charge in [0.2, 0.25) is 6.20 Å². The monoisotopic (exact) mass is 377 g/mol. The lowest BCUT2D eigenvalue weighted by Crippen LogP contribution is -2.46. The highest BCUT2D eigenvalue weighted by atomic mass is 16.7. The van der Waals surface area contributed by atoms with Crippen molar-refractivity contribution in [2.24, 2.45) is 5.41 Å². The largest absolute Gasteiger partial charge is 0.493 e. The molecule has 1 fully saturated rings. The maximum atomic E-state index is 11.1. The van der Waals surface area contributed by atoms with Crippen molar-refractivity contribution in [2.75, 3.05) is 27.4 Å². The van der Waals surface area contributed by atoms with Gasteiger partial charge in [-0.1, -0.05) is 26.5 Å². The standard InChI is InChI=1S/C20H27NO6/c1-6-20(26-13-19(2,3)14-27-20)10-9-16(12-21(22)23)15-7-8-17(24-4)18(11-15)25-5/h6-8,11-12H,1,9-10,13-14H2,2-5H3/b16-12-. The molecule has 1 aliphatic heterocycles. The van der Waals surface area contributed by atoms with Gasteiger partial charge < -0.3 is 18.9 Å². The lowest BCUT2D eigenvalue weighted by molar-refractivity contribution is -0.401. The van der Waals surface area contributed by atoms with Crippen LogP contribution in [0.5, 0.6) is 11.5 Å². The predicted octanol–water partition coefficient (Wildman–Crippen LogP) is 4.06. The molecule has 2 rings (SSSR count). The highest BCUT2D eigenvalue weighted by Gasteiger charge is 2.38. The number of allylic oxidation sites excluding steroid dienone is 1. The first-order valence-corrected chi connectivity index (χ1v) is 8.72. The Morgan fingerprint density at radius 1 is 1.26 bits per heavy atom. The first-order valence-electron chi connectivity index (χ1n) is 8.72. The van der Waals surface area contributed by atoms with Crippen LogP contribution in [0.3, 0.4) is 0 Å². The van der Waals surface area contributed by atoms with Crippen LogP contribution in [0.25, 0.3) is 5.57 Å². The van der Waals surface area contributed by atoms with Crippen LogP contribution in [0.1, 0.15) is 32.3 Å². The van der Waals surface area contributed by atoms with Crippen molar-refractivity contribution in [3.63, 3.8) is 0 Å². The molecule has 27 heavy (non-hydrogen) atoms. The summed E-state index contributed by atoms with van der Waals surface area (Å²) in [5.74, 6) is 0.127. The Labute approximate surface area is 159 Å². The van der Waals surface area contributed by atoms with Gasteiger partial charge in [-0.05, 0) is 30.2 Å². The normalized spacial score (nSPS) is 18.6. The highest BCUT2D eigenvalue weighted by Crippen LogP contribution is 2.37. The van der Waals surface area contributed by atoms with Crippen LogP contribution < -0.4 is 9.47 Å². The van der Waals surface area contributed by atoms with Crippen LogP contribution in [-0.4, -0.2) is 38.1 Å². The fourth-order valence-electron chi connectivity index (χ4n) is 2.84. The number of methoxy groups -OCH3 is 2. The van der Waals surface area contributed by atoms with E-state index in [1.165, 1.54) is 7.11 Å². The summed E-state index contributed by atoms with van der Waals surface area (Å²) in [5, 5.41) is 11.1. The molecule has 0 bridgehead atoms. The SMILES string of the molecule is C=CC1(CC/C(=C/[N+](=O)[O-])c2ccc(OC)c(OC)c2)OCC(C)(C)CO1. The molecule has 1 aliphatic rings. The average Bonchev–Trinajstić information content (AvgIpc) is 2.65. The Hall–Kier alpha value is -2.38. The molecular formula is C20H27NO6. The van der Waals surface area contributed by atoms with E-state index in [0.717, 1.165) is 6.20 Å². The lowest BCUT2D eigenvalue weighted by atomic mass is 9.93. The molecule has 0 unspecified atom stereocenters. The summed E-state index contributed by atoms with van der Waals surface area (Å²) < 4.78 is 22.4. The van der Waals surface area contributed by atoms with E-state index in [9.17, 15) is 10.1 Å². The molecule has 1 saturated heterocycles. The van der Waals surface area contributed by atoms with Gasteiger partial charge in [0.05, 0.1) is 32.4 Å². The quantitative estimate of drug-likeness (QED) is 0.386. The minimum absolute atomic E-state index is 0.0740. The van der Waals surface area contributed by atoms with E-state index in [1.54, 1.807) is 31.4 Å². The fourth-order valence-corrected chi connectivity index (χ4v) is 2.84. The second kappa shape index (κ2) is 8.54. The van der Waals surface area contributed by atoms with E-state index in [0.29, 0.717) is 48.7 Å². The summed E-state index contributed by atoms with van der Waals surface area (Å²) in [5.41, 5.74) is 1.15. The van der Waals surface area contributed by atoms with Gasteiger partial charge in [-0.3, -0.25) is 10.1 Å². The summed E-state index contributed by atoms with van der Waals surface area (Å²) >= 11 is 0. The third kappa shape index (κ3) is 5.30. The summed E-state index contributed by atoms with van der Waals surface area (Å²) in [6, 6.07) is 5.21. The van der Waals surface area contributed by atoms with E-state index < -0.39 is 10.7 Å². The molecule has 1 aromatic rings. The van der Waals surface area contributed by atoms with E-state index in [1.807, 2.05) is 0 Å². The van der Waals surface area contributed by atoms with E-state index in [2.05, 4.69) is 20.4 Å². The third-order valence-electron chi connectivity index (χ3n) is 4.48. The van der Waals surface area contributed by atoms with Gasteiger partial charge in [-0.15, -0.1) is 0 Å². The van der Waals surface area contributed by atoms with Gasteiger partial charge in [0.15, 0.2) is 17.3 Å². The number of nitro groups is 1. The Morgan fingerprint density at radius 3 is 2.41 bits per heavy atom. The van der Waals surface area contributed by atoms with Crippen LogP contribution >= 0.6 is 0 Å². The van der Waals surface area contributed by atoms with Crippen LogP contribution in [0.4, 0.5) is 0 Å². The van der Waals surface area contributed by atoms with Crippen LogP contribution in [0.2, 0.25) is 0 Å². The van der Waals surface area contributed by atoms with Gasteiger partial charge in [0.1, 0.15) is 0 Å². The zero-order chi connectivity index (χ0) is 20.1. The summed E-state index contributed by atoms with van der Waals surface area (Å²) in [6.07, 6.45) is 3.43. The molecule has 0 N–H and O–H groups in total. The average molecular weight is 377 g/mol. The highest BCUT2D eigenvalue weighted by molar-refractivity contribution is 5.67. The number of rotatable bonds is 8. The molecule has 0 amide bonds. The van der Waals surface area contributed by atoms with E-state index >= 15 is 0 Å². The lowest BCUT2D eigenvalue weighted by Gasteiger charge is -2.42. The predicted molar refractivity (Wildman–Crippen MR) is 102 cm³/mol. The topological polar surface area (TPSA) is 80.1 Å². The fraction of sp³-hybridized carbons (Fsp3) is 0.500. The Morgan fingerprint density at radius 2 is 1.89 bits per heavy atom. The van der Waals surface area contributed by atoms with Crippen LogP contribution in [0.15, 0.2) is 37.1 Å². The minimum Gasteiger partial charge on any atom is -0.493 e. The molecule has 0 radical (unpaired) electrons. The van der Waals surface area contributed by atoms with Crippen molar-refractivity contribution in [3.05, 3.63) is 52.7 Å². The van der Waals surface area contributed by atoms with Crippen LogP contribution in [-0.2, 0) is 9.47 Å². The van der Waals surface area contributed by atoms with Crippen molar-refractivity contribution in [1.82, 2.24) is 0 Å². The van der Waals surface area contributed by atoms with Gasteiger partial charge in [-0.2, -0.15) is 0 Å². The van der Waals surface area contributed by atoms with Crippen molar-refractivity contribution >= 4 is 5.57 Å². The zero-order valence-corrected chi connectivity index (χ0v) is 16.3. The first kappa shape index (κ1) is 20.9. The van der Waals surface area contributed by atoms with Gasteiger partial charge in [-0.25, -0.2) is 0 Å². The molecule has 0 aromatic heterocycles. The molecular weight excluding hydrogens is 350 g/mol. The number of nitrogens with zero attached hydrogens (tertiary/aromatic N) is 1. The zero-order valence-electron chi connectivity index (χ0n) is 16.3. The smallest absolute Gasteiger partial charge is 0.238 e. The second-order valence-electron chi connectivity index (χ2n) is 7.27. The molecule has 0 aliphatic carbocycles. The summed E-state index contributed by atoms with van der Waals surface area (Å²) in [4.78, 5) is 10.7. The first-order chi connectivity index (χ1) is 12.7. The second-order valence-corrected chi connectivity index (χ2v) is 7.27. The molecule has 1 aromatic carbocycles. The van der Waals surface area contributed by atoms with E-state index in [-0.39, 0.29) is 5.41 Å². The molecule has 1 heterocycles. The third-order valence-corrected chi connectivity index (χ3v) is 4.48. The number of hydrogen-bond acceptors (Lipinski definition) is 6. The van der Waals surface area contributed by atoms with E-state index in [4.69, 9.17) is 18.9 Å². The molecule has 0 spiro atoms. The molecule has 0 atom stereocenters. The minimum atomic E-state index is -0.943. The Bertz CT molecular complexity index is 715. The molecule has 7 heteroatoms. The Kier molecular flexibility index (Phi) is 6.62. The van der Waals surface area contributed by atoms with Gasteiger partial charge in [0.25, 0.3) is 0 Å². The maximum absolute atomic E-state index is 11.1. The van der Waals surface area contributed by atoms with Crippen molar-refractivity contribution in [2.45, 2.75) is 32.5 Å². The van der Waals surface area contributed by atoms with Crippen molar-refractivity contribution in [3.8, 4) is 11.5 Å². The maximum Gasteiger partial charge on any atom is 0.238 e. The van der Waals surface area contributed by atoms with Crippen molar-refractivity contribution in [1.29, 1.82) is 0 Å².